The second kappa shape index (κ2) is 20.0. The van der Waals surface area contributed by atoms with Crippen molar-refractivity contribution < 1.29 is 32.2 Å². The minimum absolute atomic E-state index is 0.0155. The highest BCUT2D eigenvalue weighted by Gasteiger charge is 2.58. The van der Waals surface area contributed by atoms with E-state index < -0.39 is 18.9 Å². The van der Waals surface area contributed by atoms with Crippen LogP contribution in [-0.4, -0.2) is 55.9 Å². The van der Waals surface area contributed by atoms with Crippen molar-refractivity contribution in [2.75, 3.05) is 13.2 Å². The van der Waals surface area contributed by atoms with Gasteiger partial charge in [-0.15, -0.1) is 0 Å². The summed E-state index contributed by atoms with van der Waals surface area (Å²) in [7, 11) is 0. The van der Waals surface area contributed by atoms with Crippen LogP contribution in [0.25, 0.3) is 84.4 Å². The van der Waals surface area contributed by atoms with E-state index in [9.17, 15) is 9.59 Å². The highest BCUT2D eigenvalue weighted by molar-refractivity contribution is 6.60. The van der Waals surface area contributed by atoms with E-state index in [4.69, 9.17) is 9.47 Å². The molecule has 0 saturated heterocycles. The molecule has 2 aliphatic heterocycles. The van der Waals surface area contributed by atoms with Gasteiger partial charge in [-0.3, -0.25) is 0 Å². The fourth-order valence-corrected chi connectivity index (χ4v) is 11.4. The number of esters is 2. The van der Waals surface area contributed by atoms with Crippen LogP contribution >= 0.6 is 0 Å². The van der Waals surface area contributed by atoms with Gasteiger partial charge in [0.1, 0.15) is 5.57 Å². The number of nitrogens with zero attached hydrogens (tertiary/aromatic N) is 4. The number of benzene rings is 6. The molecule has 0 aliphatic carbocycles. The lowest BCUT2D eigenvalue weighted by molar-refractivity contribution is -0.358. The van der Waals surface area contributed by atoms with E-state index in [0.29, 0.717) is 22.3 Å². The summed E-state index contributed by atoms with van der Waals surface area (Å²) in [4.78, 5) is 29.2. The Hall–Kier alpha value is -8.31. The molecular weight excluding hydrogens is 926 g/mol. The number of fused-ring (bicyclic) bond motifs is 2. The molecule has 0 spiro atoms. The Bertz CT molecular complexity index is 3960. The maximum atomic E-state index is 19.1. The highest BCUT2D eigenvalue weighted by Crippen LogP contribution is 2.47. The molecule has 11 rings (SSSR count). The number of carbonyl (C=O) groups excluding carboxylic acids is 2. The molecule has 2 aliphatic rings. The van der Waals surface area contributed by atoms with Gasteiger partial charge in [-0.1, -0.05) is 160 Å². The molecule has 0 atom stereocenters. The van der Waals surface area contributed by atoms with E-state index in [1.54, 1.807) is 44.2 Å². The molecule has 0 unspecified atom stereocenters. The molecule has 0 amide bonds. The zero-order chi connectivity index (χ0) is 51.1. The third-order valence-corrected chi connectivity index (χ3v) is 14.5. The first-order chi connectivity index (χ1) is 36.2. The first kappa shape index (κ1) is 48.0. The molecule has 0 N–H and O–H groups in total. The van der Waals surface area contributed by atoms with Crippen LogP contribution in [0.1, 0.15) is 80.7 Å². The zero-order valence-corrected chi connectivity index (χ0v) is 42.2. The standard InChI is InChI=1S/C63H57BF2N4O4/c1-5-9-39-67-48(46-31-17-27-42-29-19-35-50(67)56(42)46)33-21-37-52-60(62(71)73-7-3)58(44-23-13-11-14-24-44)54-41-55-59(45-25-15-12-16-26-45)61(63(72)74-8-4)53(70(55)64(65,66)69(52)54)38-22-34-49-47-32-18-28-43-30-20-36-51(57(43)47)68(49)40-10-6-2/h11-38,41H,5-10,39-40H2,1-4H3/b37-21+,38-22+,48-33+,49-34+. The molecule has 5 heterocycles. The van der Waals surface area contributed by atoms with Gasteiger partial charge in [0.25, 0.3) is 0 Å². The number of halogens is 2. The Balaban J connectivity index is 1.20. The number of aryl methyl sites for hydroxylation is 2. The summed E-state index contributed by atoms with van der Waals surface area (Å²) in [6.07, 6.45) is 16.3. The van der Waals surface area contributed by atoms with Gasteiger partial charge in [0.15, 0.2) is 11.4 Å². The Kier molecular flexibility index (Phi) is 12.9. The minimum atomic E-state index is -4.92. The Morgan fingerprint density at radius 1 is 0.608 bits per heavy atom. The predicted octanol–water partition coefficient (Wildman–Crippen LogP) is 13.2. The molecule has 11 heteroatoms. The van der Waals surface area contributed by atoms with Gasteiger partial charge < -0.3 is 36.2 Å². The lowest BCUT2D eigenvalue weighted by atomic mass is 9.87. The molecule has 0 saturated carbocycles. The smallest absolute Gasteiger partial charge is 0.462 e. The fourth-order valence-electron chi connectivity index (χ4n) is 11.4. The average molecular weight is 983 g/mol. The van der Waals surface area contributed by atoms with Gasteiger partial charge in [0, 0.05) is 85.5 Å². The van der Waals surface area contributed by atoms with Crippen LogP contribution in [0.5, 0.6) is 0 Å². The van der Waals surface area contributed by atoms with Gasteiger partial charge in [0.05, 0.1) is 24.4 Å². The molecule has 74 heavy (non-hydrogen) atoms. The molecule has 0 bridgehead atoms. The highest BCUT2D eigenvalue weighted by atomic mass is 19.2. The summed E-state index contributed by atoms with van der Waals surface area (Å²) in [5, 5.41) is 8.48. The summed E-state index contributed by atoms with van der Waals surface area (Å²) in [6.45, 7) is 4.40. The van der Waals surface area contributed by atoms with Crippen molar-refractivity contribution >= 4 is 97.8 Å². The SMILES string of the molecule is CCCCn1/c(=C/C=C/C2=[N+]3C(=Cc4c(-c5ccccc5)c(C(=O)OCC)c(/C=C/C=c5\c6cccc7cccc(c76)n5CCCC)n4[B-]3(F)F)C(c3ccccc3)=C2C(=O)OCC)c2cccc3cccc1c32. The van der Waals surface area contributed by atoms with Gasteiger partial charge >= 0.3 is 18.9 Å². The second-order valence-electron chi connectivity index (χ2n) is 18.9. The topological polar surface area (TPSA) is 70.4 Å². The van der Waals surface area contributed by atoms with E-state index in [2.05, 4.69) is 83.6 Å². The van der Waals surface area contributed by atoms with Crippen LogP contribution in [0.3, 0.4) is 0 Å². The van der Waals surface area contributed by atoms with Crippen LogP contribution in [0.2, 0.25) is 0 Å². The normalized spacial score (nSPS) is 15.0. The van der Waals surface area contributed by atoms with Crippen molar-refractivity contribution in [3.63, 3.8) is 0 Å². The minimum Gasteiger partial charge on any atom is -0.462 e. The Labute approximate surface area is 428 Å². The molecule has 0 radical (unpaired) electrons. The first-order valence-corrected chi connectivity index (χ1v) is 26.0. The van der Waals surface area contributed by atoms with Gasteiger partial charge in [0.2, 0.25) is 0 Å². The fraction of sp³-hybridized carbons (Fsp3) is 0.190. The summed E-state index contributed by atoms with van der Waals surface area (Å²) >= 11 is 0. The molecule has 370 valence electrons. The molecular formula is C63H57BF2N4O4. The van der Waals surface area contributed by atoms with E-state index in [-0.39, 0.29) is 47.1 Å². The van der Waals surface area contributed by atoms with E-state index in [0.717, 1.165) is 102 Å². The lowest BCUT2D eigenvalue weighted by Crippen LogP contribution is -2.51. The monoisotopic (exact) mass is 982 g/mol. The van der Waals surface area contributed by atoms with Crippen molar-refractivity contribution in [1.29, 1.82) is 0 Å². The largest absolute Gasteiger partial charge is 0.737 e. The molecule has 8 nitrogen and oxygen atoms in total. The lowest BCUT2D eigenvalue weighted by Gasteiger charge is -2.31. The van der Waals surface area contributed by atoms with E-state index in [1.165, 1.54) is 0 Å². The number of unbranched alkanes of at least 4 members (excludes halogenated alkanes) is 2. The predicted molar refractivity (Wildman–Crippen MR) is 299 cm³/mol. The van der Waals surface area contributed by atoms with Gasteiger partial charge in [-0.05, 0) is 78.9 Å². The van der Waals surface area contributed by atoms with Crippen molar-refractivity contribution in [1.82, 2.24) is 13.6 Å². The summed E-state index contributed by atoms with van der Waals surface area (Å²) < 4.78 is 56.3. The van der Waals surface area contributed by atoms with Crippen LogP contribution in [0.15, 0.2) is 163 Å². The molecule has 3 aromatic heterocycles. The number of hydrogen-bond donors (Lipinski definition) is 0. The van der Waals surface area contributed by atoms with Crippen LogP contribution in [-0.2, 0) is 27.4 Å². The van der Waals surface area contributed by atoms with Gasteiger partial charge in [-0.25, -0.2) is 9.59 Å². The van der Waals surface area contributed by atoms with E-state index in [1.807, 2.05) is 84.9 Å². The maximum absolute atomic E-state index is 19.1. The number of allylic oxidation sites excluding steroid dienone is 4. The summed E-state index contributed by atoms with van der Waals surface area (Å²) in [6, 6.07) is 43.3. The van der Waals surface area contributed by atoms with Crippen molar-refractivity contribution in [3.8, 4) is 11.1 Å². The quantitative estimate of drug-likeness (QED) is 0.0714. The maximum Gasteiger partial charge on any atom is 0.737 e. The molecule has 0 fully saturated rings. The number of hydrogen-bond acceptors (Lipinski definition) is 4. The zero-order valence-electron chi connectivity index (χ0n) is 42.2. The Morgan fingerprint density at radius 3 is 1.66 bits per heavy atom. The summed E-state index contributed by atoms with van der Waals surface area (Å²) in [5.41, 5.74) is 4.11. The van der Waals surface area contributed by atoms with Gasteiger partial charge in [-0.2, -0.15) is 0 Å². The van der Waals surface area contributed by atoms with Crippen LogP contribution in [0, 0.1) is 0 Å². The van der Waals surface area contributed by atoms with Crippen LogP contribution in [0.4, 0.5) is 8.63 Å². The third-order valence-electron chi connectivity index (χ3n) is 14.5. The first-order valence-electron chi connectivity index (χ1n) is 26.0. The molecule has 6 aromatic carbocycles. The van der Waals surface area contributed by atoms with Crippen molar-refractivity contribution in [2.24, 2.45) is 0 Å². The summed E-state index contributed by atoms with van der Waals surface area (Å²) in [5.74, 6) is -1.45. The number of aromatic nitrogens is 3. The van der Waals surface area contributed by atoms with Crippen LogP contribution < -0.4 is 10.7 Å². The number of rotatable bonds is 16. The third kappa shape index (κ3) is 7.93. The van der Waals surface area contributed by atoms with E-state index >= 15 is 8.63 Å². The van der Waals surface area contributed by atoms with Crippen molar-refractivity contribution in [2.45, 2.75) is 66.5 Å². The average Bonchev–Trinajstić information content (AvgIpc) is 4.13. The molecule has 9 aromatic rings. The number of carbonyl (C=O) groups is 2. The van der Waals surface area contributed by atoms with Crippen molar-refractivity contribution in [3.05, 3.63) is 196 Å². The second-order valence-corrected chi connectivity index (χ2v) is 18.9. The Morgan fingerprint density at radius 2 is 1.12 bits per heavy atom. The number of ether oxygens (including phenoxy) is 2.